The SMILES string of the molecule is NCc1cc(CC(=O)O)c(C(F)F)cn1. The van der Waals surface area contributed by atoms with Crippen molar-refractivity contribution >= 4 is 5.97 Å². The van der Waals surface area contributed by atoms with Gasteiger partial charge in [-0.15, -0.1) is 0 Å². The number of aliphatic carboxylic acids is 1. The van der Waals surface area contributed by atoms with Crippen LogP contribution in [0, 0.1) is 0 Å². The molecule has 0 aliphatic rings. The first-order valence-corrected chi connectivity index (χ1v) is 4.22. The Hall–Kier alpha value is -1.56. The van der Waals surface area contributed by atoms with Gasteiger partial charge in [0.05, 0.1) is 12.1 Å². The Morgan fingerprint density at radius 2 is 2.27 bits per heavy atom. The van der Waals surface area contributed by atoms with Gasteiger partial charge in [-0.2, -0.15) is 0 Å². The molecule has 1 aromatic rings. The Morgan fingerprint density at radius 1 is 1.60 bits per heavy atom. The van der Waals surface area contributed by atoms with Gasteiger partial charge >= 0.3 is 5.97 Å². The fourth-order valence-electron chi connectivity index (χ4n) is 1.18. The van der Waals surface area contributed by atoms with E-state index in [-0.39, 0.29) is 17.7 Å². The number of carbonyl (C=O) groups is 1. The Morgan fingerprint density at radius 3 is 2.73 bits per heavy atom. The molecule has 0 saturated carbocycles. The van der Waals surface area contributed by atoms with Gasteiger partial charge in [-0.1, -0.05) is 0 Å². The Balaban J connectivity index is 3.10. The summed E-state index contributed by atoms with van der Waals surface area (Å²) in [6.07, 6.45) is -2.20. The molecule has 1 heterocycles. The van der Waals surface area contributed by atoms with E-state index in [9.17, 15) is 13.6 Å². The molecular weight excluding hydrogens is 206 g/mol. The van der Waals surface area contributed by atoms with Gasteiger partial charge in [0.25, 0.3) is 6.43 Å². The van der Waals surface area contributed by atoms with Crippen LogP contribution < -0.4 is 5.73 Å². The van der Waals surface area contributed by atoms with Crippen molar-refractivity contribution in [3.8, 4) is 0 Å². The van der Waals surface area contributed by atoms with E-state index >= 15 is 0 Å². The Kier molecular flexibility index (Phi) is 3.68. The molecule has 0 aliphatic carbocycles. The van der Waals surface area contributed by atoms with Gasteiger partial charge in [0.2, 0.25) is 0 Å². The van der Waals surface area contributed by atoms with E-state index in [4.69, 9.17) is 10.8 Å². The molecule has 0 spiro atoms. The minimum atomic E-state index is -2.72. The number of rotatable bonds is 4. The van der Waals surface area contributed by atoms with Crippen LogP contribution in [0.2, 0.25) is 0 Å². The second-order valence-electron chi connectivity index (χ2n) is 2.95. The molecule has 1 aromatic heterocycles. The summed E-state index contributed by atoms with van der Waals surface area (Å²) < 4.78 is 24.9. The van der Waals surface area contributed by atoms with Crippen molar-refractivity contribution in [1.82, 2.24) is 4.98 Å². The standard InChI is InChI=1S/C9H10F2N2O2/c10-9(11)7-4-13-6(3-12)1-5(7)2-8(14)15/h1,4,9H,2-3,12H2,(H,14,15). The number of pyridine rings is 1. The minimum Gasteiger partial charge on any atom is -0.481 e. The molecule has 0 aromatic carbocycles. The molecule has 0 aliphatic heterocycles. The van der Waals surface area contributed by atoms with Gasteiger partial charge in [0.1, 0.15) is 0 Å². The summed E-state index contributed by atoms with van der Waals surface area (Å²) in [6.45, 7) is 0.0934. The van der Waals surface area contributed by atoms with E-state index in [0.29, 0.717) is 5.69 Å². The highest BCUT2D eigenvalue weighted by atomic mass is 19.3. The first kappa shape index (κ1) is 11.5. The van der Waals surface area contributed by atoms with E-state index in [1.54, 1.807) is 0 Å². The topological polar surface area (TPSA) is 76.2 Å². The molecule has 1 rings (SSSR count). The molecule has 6 heteroatoms. The van der Waals surface area contributed by atoms with Gasteiger partial charge in [0.15, 0.2) is 0 Å². The molecule has 82 valence electrons. The highest BCUT2D eigenvalue weighted by Gasteiger charge is 2.16. The number of carboxylic acid groups (broad SMARTS) is 1. The largest absolute Gasteiger partial charge is 0.481 e. The van der Waals surface area contributed by atoms with Crippen LogP contribution in [0.1, 0.15) is 23.2 Å². The summed E-state index contributed by atoms with van der Waals surface area (Å²) in [5.41, 5.74) is 5.39. The van der Waals surface area contributed by atoms with E-state index in [1.165, 1.54) is 6.07 Å². The summed E-state index contributed by atoms with van der Waals surface area (Å²) in [5.74, 6) is -1.16. The van der Waals surface area contributed by atoms with Crippen molar-refractivity contribution in [3.63, 3.8) is 0 Å². The van der Waals surface area contributed by atoms with Gasteiger partial charge in [-0.05, 0) is 11.6 Å². The van der Waals surface area contributed by atoms with E-state index < -0.39 is 18.8 Å². The van der Waals surface area contributed by atoms with E-state index in [0.717, 1.165) is 6.20 Å². The van der Waals surface area contributed by atoms with Crippen molar-refractivity contribution in [3.05, 3.63) is 29.1 Å². The Bertz CT molecular complexity index is 369. The van der Waals surface area contributed by atoms with Gasteiger partial charge in [-0.25, -0.2) is 8.78 Å². The van der Waals surface area contributed by atoms with Crippen molar-refractivity contribution < 1.29 is 18.7 Å². The van der Waals surface area contributed by atoms with Crippen LogP contribution in [0.25, 0.3) is 0 Å². The molecule has 4 nitrogen and oxygen atoms in total. The zero-order valence-electron chi connectivity index (χ0n) is 7.78. The zero-order chi connectivity index (χ0) is 11.4. The number of hydrogen-bond donors (Lipinski definition) is 2. The molecule has 0 fully saturated rings. The molecule has 15 heavy (non-hydrogen) atoms. The van der Waals surface area contributed by atoms with Gasteiger partial charge < -0.3 is 10.8 Å². The molecule has 0 saturated heterocycles. The fourth-order valence-corrected chi connectivity index (χ4v) is 1.18. The lowest BCUT2D eigenvalue weighted by molar-refractivity contribution is -0.136. The maximum atomic E-state index is 12.4. The number of alkyl halides is 2. The lowest BCUT2D eigenvalue weighted by Crippen LogP contribution is -2.08. The highest BCUT2D eigenvalue weighted by molar-refractivity contribution is 5.70. The van der Waals surface area contributed by atoms with E-state index in [1.807, 2.05) is 0 Å². The normalized spacial score (nSPS) is 10.7. The molecule has 0 amide bonds. The van der Waals surface area contributed by atoms with E-state index in [2.05, 4.69) is 4.98 Å². The number of hydrogen-bond acceptors (Lipinski definition) is 3. The number of nitrogens with zero attached hydrogens (tertiary/aromatic N) is 1. The average molecular weight is 216 g/mol. The molecule has 3 N–H and O–H groups in total. The summed E-state index contributed by atoms with van der Waals surface area (Å²) in [7, 11) is 0. The van der Waals surface area contributed by atoms with Crippen LogP contribution in [0.4, 0.5) is 8.78 Å². The van der Waals surface area contributed by atoms with Gasteiger partial charge in [0, 0.05) is 18.3 Å². The van der Waals surface area contributed by atoms with Crippen molar-refractivity contribution in [1.29, 1.82) is 0 Å². The van der Waals surface area contributed by atoms with Crippen LogP contribution in [-0.2, 0) is 17.8 Å². The molecule has 0 bridgehead atoms. The number of aromatic nitrogens is 1. The van der Waals surface area contributed by atoms with Crippen LogP contribution in [0.5, 0.6) is 0 Å². The maximum Gasteiger partial charge on any atom is 0.307 e. The molecule has 0 unspecified atom stereocenters. The Labute approximate surface area is 84.7 Å². The van der Waals surface area contributed by atoms with Crippen molar-refractivity contribution in [2.45, 2.75) is 19.4 Å². The zero-order valence-corrected chi connectivity index (χ0v) is 7.78. The predicted molar refractivity (Wildman–Crippen MR) is 48.4 cm³/mol. The van der Waals surface area contributed by atoms with Gasteiger partial charge in [-0.3, -0.25) is 9.78 Å². The third-order valence-electron chi connectivity index (χ3n) is 1.87. The number of carboxylic acids is 1. The quantitative estimate of drug-likeness (QED) is 0.790. The average Bonchev–Trinajstić information content (AvgIpc) is 2.16. The fraction of sp³-hybridized carbons (Fsp3) is 0.333. The number of halogens is 2. The molecule has 0 atom stereocenters. The summed E-state index contributed by atoms with van der Waals surface area (Å²) >= 11 is 0. The van der Waals surface area contributed by atoms with Crippen LogP contribution >= 0.6 is 0 Å². The van der Waals surface area contributed by atoms with Crippen LogP contribution in [0.3, 0.4) is 0 Å². The smallest absolute Gasteiger partial charge is 0.307 e. The summed E-state index contributed by atoms with van der Waals surface area (Å²) in [4.78, 5) is 14.1. The second kappa shape index (κ2) is 4.79. The maximum absolute atomic E-state index is 12.4. The molecular formula is C9H10F2N2O2. The lowest BCUT2D eigenvalue weighted by Gasteiger charge is -2.07. The molecule has 0 radical (unpaired) electrons. The highest BCUT2D eigenvalue weighted by Crippen LogP contribution is 2.23. The monoisotopic (exact) mass is 216 g/mol. The van der Waals surface area contributed by atoms with Crippen LogP contribution in [-0.4, -0.2) is 16.1 Å². The first-order chi connectivity index (χ1) is 7.04. The second-order valence-corrected chi connectivity index (χ2v) is 2.95. The van der Waals surface area contributed by atoms with Crippen molar-refractivity contribution in [2.24, 2.45) is 5.73 Å². The number of nitrogens with two attached hydrogens (primary N) is 1. The summed E-state index contributed by atoms with van der Waals surface area (Å²) in [5, 5.41) is 8.54. The first-order valence-electron chi connectivity index (χ1n) is 4.22. The van der Waals surface area contributed by atoms with Crippen LogP contribution in [0.15, 0.2) is 12.3 Å². The minimum absolute atomic E-state index is 0.0629. The van der Waals surface area contributed by atoms with Crippen molar-refractivity contribution in [2.75, 3.05) is 0 Å². The summed E-state index contributed by atoms with van der Waals surface area (Å²) in [6, 6.07) is 1.30. The third-order valence-corrected chi connectivity index (χ3v) is 1.87. The third kappa shape index (κ3) is 2.95. The predicted octanol–water partition coefficient (Wildman–Crippen LogP) is 1.10. The lowest BCUT2D eigenvalue weighted by atomic mass is 10.1.